The molecular formula is C24H24N2O3. The summed E-state index contributed by atoms with van der Waals surface area (Å²) in [7, 11) is 0. The molecule has 0 atom stereocenters. The van der Waals surface area contributed by atoms with E-state index in [1.54, 1.807) is 32.0 Å². The molecule has 148 valence electrons. The Balaban J connectivity index is 1.73. The van der Waals surface area contributed by atoms with Crippen LogP contribution >= 0.6 is 0 Å². The Morgan fingerprint density at radius 1 is 0.759 bits per heavy atom. The van der Waals surface area contributed by atoms with Crippen molar-refractivity contribution in [3.8, 4) is 11.5 Å². The van der Waals surface area contributed by atoms with Gasteiger partial charge >= 0.3 is 0 Å². The summed E-state index contributed by atoms with van der Waals surface area (Å²) in [6.45, 7) is 5.15. The van der Waals surface area contributed by atoms with E-state index in [1.165, 1.54) is 0 Å². The first kappa shape index (κ1) is 20.1. The number of benzene rings is 3. The van der Waals surface area contributed by atoms with Crippen molar-refractivity contribution in [2.24, 2.45) is 5.41 Å². The lowest BCUT2D eigenvalue weighted by molar-refractivity contribution is -0.135. The van der Waals surface area contributed by atoms with Crippen molar-refractivity contribution in [1.29, 1.82) is 0 Å². The van der Waals surface area contributed by atoms with E-state index >= 15 is 0 Å². The molecule has 0 fully saturated rings. The molecule has 0 aromatic heterocycles. The van der Waals surface area contributed by atoms with E-state index in [0.717, 1.165) is 5.56 Å². The molecule has 0 aliphatic rings. The van der Waals surface area contributed by atoms with Gasteiger partial charge in [-0.1, -0.05) is 48.0 Å². The third kappa shape index (κ3) is 5.02. The van der Waals surface area contributed by atoms with Gasteiger partial charge in [0.05, 0.1) is 5.69 Å². The van der Waals surface area contributed by atoms with Crippen LogP contribution < -0.4 is 15.4 Å². The Hall–Kier alpha value is -3.60. The molecule has 2 N–H and O–H groups in total. The maximum atomic E-state index is 12.9. The van der Waals surface area contributed by atoms with Crippen LogP contribution in [0.1, 0.15) is 19.4 Å². The number of hydrogen-bond donors (Lipinski definition) is 2. The summed E-state index contributed by atoms with van der Waals surface area (Å²) in [6, 6.07) is 23.9. The molecule has 0 unspecified atom stereocenters. The molecule has 0 aliphatic heterocycles. The van der Waals surface area contributed by atoms with Gasteiger partial charge in [0.2, 0.25) is 11.8 Å². The highest BCUT2D eigenvalue weighted by Crippen LogP contribution is 2.31. The zero-order chi connectivity index (χ0) is 20.9. The van der Waals surface area contributed by atoms with E-state index < -0.39 is 11.3 Å². The van der Waals surface area contributed by atoms with Crippen LogP contribution in [0, 0.1) is 12.3 Å². The summed E-state index contributed by atoms with van der Waals surface area (Å²) in [4.78, 5) is 25.6. The van der Waals surface area contributed by atoms with E-state index in [4.69, 9.17) is 4.74 Å². The highest BCUT2D eigenvalue weighted by Gasteiger charge is 2.36. The van der Waals surface area contributed by atoms with Gasteiger partial charge in [0.15, 0.2) is 5.75 Å². The third-order valence-electron chi connectivity index (χ3n) is 4.55. The molecular weight excluding hydrogens is 364 g/mol. The largest absolute Gasteiger partial charge is 0.455 e. The number of nitrogens with one attached hydrogen (secondary N) is 2. The van der Waals surface area contributed by atoms with E-state index in [0.29, 0.717) is 22.9 Å². The van der Waals surface area contributed by atoms with Gasteiger partial charge in [0.25, 0.3) is 0 Å². The van der Waals surface area contributed by atoms with Crippen molar-refractivity contribution in [3.05, 3.63) is 84.4 Å². The molecule has 0 saturated heterocycles. The third-order valence-corrected chi connectivity index (χ3v) is 4.55. The average Bonchev–Trinajstić information content (AvgIpc) is 2.72. The fourth-order valence-corrected chi connectivity index (χ4v) is 2.58. The number of ether oxygens (including phenoxy) is 1. The Morgan fingerprint density at radius 3 is 2.03 bits per heavy atom. The summed E-state index contributed by atoms with van der Waals surface area (Å²) in [5.41, 5.74) is 0.951. The van der Waals surface area contributed by atoms with Gasteiger partial charge < -0.3 is 15.4 Å². The first-order valence-electron chi connectivity index (χ1n) is 9.38. The summed E-state index contributed by atoms with van der Waals surface area (Å²) >= 11 is 0. The highest BCUT2D eigenvalue weighted by molar-refractivity contribution is 6.14. The number of aryl methyl sites for hydroxylation is 1. The highest BCUT2D eigenvalue weighted by atomic mass is 16.5. The molecule has 5 heteroatoms. The number of para-hydroxylation sites is 3. The van der Waals surface area contributed by atoms with E-state index in [9.17, 15) is 9.59 Å². The first-order chi connectivity index (χ1) is 13.9. The van der Waals surface area contributed by atoms with Gasteiger partial charge in [0.1, 0.15) is 11.2 Å². The molecule has 0 aliphatic carbocycles. The van der Waals surface area contributed by atoms with E-state index in [2.05, 4.69) is 10.6 Å². The Bertz CT molecular complexity index is 996. The number of hydrogen-bond acceptors (Lipinski definition) is 3. The van der Waals surface area contributed by atoms with Crippen LogP contribution in [-0.4, -0.2) is 11.8 Å². The molecule has 0 spiro atoms. The molecule has 0 bridgehead atoms. The fourth-order valence-electron chi connectivity index (χ4n) is 2.58. The molecule has 3 aromatic rings. The minimum atomic E-state index is -1.29. The second kappa shape index (κ2) is 8.61. The molecule has 0 saturated carbocycles. The predicted molar refractivity (Wildman–Crippen MR) is 115 cm³/mol. The number of anilines is 2. The maximum Gasteiger partial charge on any atom is 0.239 e. The zero-order valence-electron chi connectivity index (χ0n) is 16.7. The minimum Gasteiger partial charge on any atom is -0.455 e. The van der Waals surface area contributed by atoms with Gasteiger partial charge in [-0.15, -0.1) is 0 Å². The molecule has 3 rings (SSSR count). The van der Waals surface area contributed by atoms with Crippen molar-refractivity contribution < 1.29 is 14.3 Å². The number of carbonyl (C=O) groups excluding carboxylic acids is 2. The lowest BCUT2D eigenvalue weighted by Crippen LogP contribution is -2.41. The van der Waals surface area contributed by atoms with Gasteiger partial charge in [0, 0.05) is 5.69 Å². The SMILES string of the molecule is Cc1ccc(NC(=O)C(C)(C)C(=O)Nc2ccccc2Oc2ccccc2)cc1. The molecule has 2 amide bonds. The quantitative estimate of drug-likeness (QED) is 0.556. The number of rotatable bonds is 6. The van der Waals surface area contributed by atoms with Crippen molar-refractivity contribution >= 4 is 23.2 Å². The molecule has 3 aromatic carbocycles. The van der Waals surface area contributed by atoms with Crippen molar-refractivity contribution in [3.63, 3.8) is 0 Å². The van der Waals surface area contributed by atoms with Crippen molar-refractivity contribution in [2.75, 3.05) is 10.6 Å². The summed E-state index contributed by atoms with van der Waals surface area (Å²) < 4.78 is 5.88. The smallest absolute Gasteiger partial charge is 0.239 e. The van der Waals surface area contributed by atoms with E-state index in [1.807, 2.05) is 67.6 Å². The van der Waals surface area contributed by atoms with Crippen LogP contribution in [0.3, 0.4) is 0 Å². The van der Waals surface area contributed by atoms with Crippen LogP contribution in [0.15, 0.2) is 78.9 Å². The molecule has 0 radical (unpaired) electrons. The maximum absolute atomic E-state index is 12.9. The van der Waals surface area contributed by atoms with Crippen LogP contribution in [0.25, 0.3) is 0 Å². The predicted octanol–water partition coefficient (Wildman–Crippen LogP) is 5.39. The molecule has 29 heavy (non-hydrogen) atoms. The Labute approximate surface area is 170 Å². The summed E-state index contributed by atoms with van der Waals surface area (Å²) in [5.74, 6) is 0.346. The molecule has 0 heterocycles. The number of carbonyl (C=O) groups is 2. The van der Waals surface area contributed by atoms with Crippen LogP contribution in [0.4, 0.5) is 11.4 Å². The summed E-state index contributed by atoms with van der Waals surface area (Å²) in [6.07, 6.45) is 0. The number of amides is 2. The van der Waals surface area contributed by atoms with Crippen LogP contribution in [-0.2, 0) is 9.59 Å². The van der Waals surface area contributed by atoms with Crippen LogP contribution in [0.5, 0.6) is 11.5 Å². The molecule has 5 nitrogen and oxygen atoms in total. The van der Waals surface area contributed by atoms with Crippen molar-refractivity contribution in [2.45, 2.75) is 20.8 Å². The fraction of sp³-hybridized carbons (Fsp3) is 0.167. The van der Waals surface area contributed by atoms with E-state index in [-0.39, 0.29) is 5.91 Å². The second-order valence-corrected chi connectivity index (χ2v) is 7.31. The minimum absolute atomic E-state index is 0.389. The summed E-state index contributed by atoms with van der Waals surface area (Å²) in [5, 5.41) is 5.62. The van der Waals surface area contributed by atoms with Gasteiger partial charge in [-0.2, -0.15) is 0 Å². The normalized spacial score (nSPS) is 10.9. The van der Waals surface area contributed by atoms with Crippen LogP contribution in [0.2, 0.25) is 0 Å². The second-order valence-electron chi connectivity index (χ2n) is 7.31. The lowest BCUT2D eigenvalue weighted by atomic mass is 9.90. The monoisotopic (exact) mass is 388 g/mol. The topological polar surface area (TPSA) is 67.4 Å². The van der Waals surface area contributed by atoms with Gasteiger partial charge in [-0.25, -0.2) is 0 Å². The standard InChI is InChI=1S/C24H24N2O3/c1-17-13-15-18(16-14-17)25-22(27)24(2,3)23(28)26-20-11-7-8-12-21(20)29-19-9-5-4-6-10-19/h4-16H,1-3H3,(H,25,27)(H,26,28). The van der Waals surface area contributed by atoms with Gasteiger partial charge in [-0.3, -0.25) is 9.59 Å². The Morgan fingerprint density at radius 2 is 1.34 bits per heavy atom. The lowest BCUT2D eigenvalue weighted by Gasteiger charge is -2.23. The average molecular weight is 388 g/mol. The Kier molecular flexibility index (Phi) is 5.98. The zero-order valence-corrected chi connectivity index (χ0v) is 16.7. The van der Waals surface area contributed by atoms with Crippen molar-refractivity contribution in [1.82, 2.24) is 0 Å². The first-order valence-corrected chi connectivity index (χ1v) is 9.38. The van der Waals surface area contributed by atoms with Gasteiger partial charge in [-0.05, 0) is 57.2 Å².